The summed E-state index contributed by atoms with van der Waals surface area (Å²) in [4.78, 5) is 25.2. The van der Waals surface area contributed by atoms with Crippen molar-refractivity contribution in [3.8, 4) is 11.5 Å². The van der Waals surface area contributed by atoms with Crippen LogP contribution in [0.15, 0.2) is 48.8 Å². The van der Waals surface area contributed by atoms with Crippen LogP contribution < -0.4 is 14.8 Å². The SMILES string of the molecule is CCOC(=O)CN1CCN(CCCOc2cc3c(NC(C)c4ccccc4)ncnc3cc2OC)CC1. The third kappa shape index (κ3) is 7.30. The van der Waals surface area contributed by atoms with Gasteiger partial charge in [-0.1, -0.05) is 30.3 Å². The molecule has 0 spiro atoms. The van der Waals surface area contributed by atoms with E-state index >= 15 is 0 Å². The van der Waals surface area contributed by atoms with E-state index in [0.717, 1.165) is 55.9 Å². The zero-order valence-corrected chi connectivity index (χ0v) is 22.0. The lowest BCUT2D eigenvalue weighted by atomic mass is 10.1. The average Bonchev–Trinajstić information content (AvgIpc) is 2.92. The molecular formula is C28H37N5O4. The van der Waals surface area contributed by atoms with Gasteiger partial charge in [-0.05, 0) is 31.9 Å². The van der Waals surface area contributed by atoms with E-state index in [9.17, 15) is 4.79 Å². The molecule has 1 unspecified atom stereocenters. The molecule has 4 rings (SSSR count). The van der Waals surface area contributed by atoms with E-state index in [4.69, 9.17) is 14.2 Å². The van der Waals surface area contributed by atoms with Crippen molar-refractivity contribution < 1.29 is 19.0 Å². The zero-order valence-electron chi connectivity index (χ0n) is 22.0. The lowest BCUT2D eigenvalue weighted by Gasteiger charge is -2.34. The minimum absolute atomic E-state index is 0.0866. The molecule has 1 aliphatic heterocycles. The van der Waals surface area contributed by atoms with Crippen LogP contribution in [0.25, 0.3) is 10.9 Å². The first-order chi connectivity index (χ1) is 18.1. The Labute approximate surface area is 218 Å². The molecule has 1 fully saturated rings. The van der Waals surface area contributed by atoms with Crippen molar-refractivity contribution in [3.63, 3.8) is 0 Å². The average molecular weight is 508 g/mol. The fourth-order valence-electron chi connectivity index (χ4n) is 4.51. The summed E-state index contributed by atoms with van der Waals surface area (Å²) in [6.07, 6.45) is 2.45. The fraction of sp³-hybridized carbons (Fsp3) is 0.464. The number of esters is 1. The maximum Gasteiger partial charge on any atom is 0.320 e. The van der Waals surface area contributed by atoms with Crippen molar-refractivity contribution in [2.24, 2.45) is 0 Å². The van der Waals surface area contributed by atoms with E-state index in [1.807, 2.05) is 37.3 Å². The molecule has 0 saturated carbocycles. The number of carbonyl (C=O) groups is 1. The van der Waals surface area contributed by atoms with Crippen molar-refractivity contribution in [3.05, 3.63) is 54.4 Å². The largest absolute Gasteiger partial charge is 0.493 e. The van der Waals surface area contributed by atoms with Crippen molar-refractivity contribution in [1.29, 1.82) is 0 Å². The Kier molecular flexibility index (Phi) is 9.51. The maximum atomic E-state index is 11.7. The van der Waals surface area contributed by atoms with E-state index in [0.29, 0.717) is 31.3 Å². The third-order valence-electron chi connectivity index (χ3n) is 6.57. The number of hydrogen-bond donors (Lipinski definition) is 1. The Hall–Kier alpha value is -3.43. The Balaban J connectivity index is 1.33. The highest BCUT2D eigenvalue weighted by molar-refractivity contribution is 5.91. The van der Waals surface area contributed by atoms with Gasteiger partial charge in [0.05, 0.1) is 32.4 Å². The van der Waals surface area contributed by atoms with Crippen molar-refractivity contribution >= 4 is 22.7 Å². The van der Waals surface area contributed by atoms with Gasteiger partial charge in [0.15, 0.2) is 11.5 Å². The molecular weight excluding hydrogens is 470 g/mol. The summed E-state index contributed by atoms with van der Waals surface area (Å²) in [5.74, 6) is 1.95. The number of rotatable bonds is 12. The van der Waals surface area contributed by atoms with Crippen molar-refractivity contribution in [2.45, 2.75) is 26.3 Å². The molecule has 3 aromatic rings. The number of anilines is 1. The second-order valence-electron chi connectivity index (χ2n) is 9.14. The Bertz CT molecular complexity index is 1150. The van der Waals surface area contributed by atoms with Crippen LogP contribution in [0.1, 0.15) is 31.9 Å². The molecule has 0 bridgehead atoms. The van der Waals surface area contributed by atoms with Gasteiger partial charge in [0, 0.05) is 50.2 Å². The van der Waals surface area contributed by atoms with Gasteiger partial charge in [-0.25, -0.2) is 9.97 Å². The van der Waals surface area contributed by atoms with Gasteiger partial charge in [-0.2, -0.15) is 0 Å². The van der Waals surface area contributed by atoms with Crippen LogP contribution in [0.2, 0.25) is 0 Å². The van der Waals surface area contributed by atoms with Gasteiger partial charge >= 0.3 is 5.97 Å². The highest BCUT2D eigenvalue weighted by Crippen LogP contribution is 2.35. The molecule has 0 amide bonds. The van der Waals surface area contributed by atoms with Gasteiger partial charge < -0.3 is 24.4 Å². The minimum atomic E-state index is -0.146. The quantitative estimate of drug-likeness (QED) is 0.291. The zero-order chi connectivity index (χ0) is 26.0. The number of benzene rings is 2. The van der Waals surface area contributed by atoms with Gasteiger partial charge in [0.2, 0.25) is 0 Å². The molecule has 2 aromatic carbocycles. The molecule has 1 N–H and O–H groups in total. The number of aromatic nitrogens is 2. The number of nitrogens with zero attached hydrogens (tertiary/aromatic N) is 4. The molecule has 9 nitrogen and oxygen atoms in total. The molecule has 1 saturated heterocycles. The third-order valence-corrected chi connectivity index (χ3v) is 6.57. The number of methoxy groups -OCH3 is 1. The van der Waals surface area contributed by atoms with Crippen LogP contribution in [-0.4, -0.2) is 85.3 Å². The van der Waals surface area contributed by atoms with Crippen LogP contribution in [0.5, 0.6) is 11.5 Å². The van der Waals surface area contributed by atoms with Crippen LogP contribution in [0, 0.1) is 0 Å². The molecule has 0 aliphatic carbocycles. The second kappa shape index (κ2) is 13.2. The van der Waals surface area contributed by atoms with Gasteiger partial charge in [-0.15, -0.1) is 0 Å². The molecule has 1 aliphatic rings. The predicted octanol–water partition coefficient (Wildman–Crippen LogP) is 3.76. The smallest absolute Gasteiger partial charge is 0.320 e. The van der Waals surface area contributed by atoms with Gasteiger partial charge in [0.25, 0.3) is 0 Å². The Morgan fingerprint density at radius 2 is 1.81 bits per heavy atom. The standard InChI is InChI=1S/C28H37N5O4/c1-4-36-27(34)19-33-14-12-32(13-15-33)11-8-16-37-26-17-23-24(18-25(26)35-3)29-20-30-28(23)31-21(2)22-9-6-5-7-10-22/h5-7,9-10,17-18,20-21H,4,8,11-16,19H2,1-3H3,(H,29,30,31). The lowest BCUT2D eigenvalue weighted by Crippen LogP contribution is -2.48. The molecule has 2 heterocycles. The van der Waals surface area contributed by atoms with E-state index in [1.165, 1.54) is 5.56 Å². The normalized spacial score (nSPS) is 15.3. The fourth-order valence-corrected chi connectivity index (χ4v) is 4.51. The van der Waals surface area contributed by atoms with Crippen LogP contribution >= 0.6 is 0 Å². The van der Waals surface area contributed by atoms with E-state index < -0.39 is 0 Å². The molecule has 198 valence electrons. The summed E-state index contributed by atoms with van der Waals surface area (Å²) in [6.45, 7) is 9.87. The topological polar surface area (TPSA) is 89.1 Å². The van der Waals surface area contributed by atoms with Gasteiger partial charge in [-0.3, -0.25) is 9.69 Å². The first-order valence-electron chi connectivity index (χ1n) is 12.9. The van der Waals surface area contributed by atoms with Crippen molar-refractivity contribution in [1.82, 2.24) is 19.8 Å². The number of fused-ring (bicyclic) bond motifs is 1. The summed E-state index contributed by atoms with van der Waals surface area (Å²) in [7, 11) is 1.64. The first-order valence-corrected chi connectivity index (χ1v) is 12.9. The monoisotopic (exact) mass is 507 g/mol. The number of piperazine rings is 1. The number of ether oxygens (including phenoxy) is 3. The van der Waals surface area contributed by atoms with Crippen molar-refractivity contribution in [2.75, 3.05) is 64.9 Å². The molecule has 9 heteroatoms. The van der Waals surface area contributed by atoms with E-state index in [2.05, 4.69) is 44.1 Å². The van der Waals surface area contributed by atoms with Crippen LogP contribution in [0.4, 0.5) is 5.82 Å². The highest BCUT2D eigenvalue weighted by Gasteiger charge is 2.19. The van der Waals surface area contributed by atoms with Crippen LogP contribution in [-0.2, 0) is 9.53 Å². The predicted molar refractivity (Wildman–Crippen MR) is 144 cm³/mol. The summed E-state index contributed by atoms with van der Waals surface area (Å²) in [6, 6.07) is 14.2. The molecule has 0 radical (unpaired) electrons. The molecule has 1 atom stereocenters. The lowest BCUT2D eigenvalue weighted by molar-refractivity contribution is -0.144. The summed E-state index contributed by atoms with van der Waals surface area (Å²) < 4.78 is 16.8. The highest BCUT2D eigenvalue weighted by atomic mass is 16.5. The van der Waals surface area contributed by atoms with E-state index in [1.54, 1.807) is 13.4 Å². The maximum absolute atomic E-state index is 11.7. The van der Waals surface area contributed by atoms with Gasteiger partial charge in [0.1, 0.15) is 12.1 Å². The number of hydrogen-bond acceptors (Lipinski definition) is 9. The minimum Gasteiger partial charge on any atom is -0.493 e. The van der Waals surface area contributed by atoms with E-state index in [-0.39, 0.29) is 12.0 Å². The molecule has 37 heavy (non-hydrogen) atoms. The summed E-state index contributed by atoms with van der Waals surface area (Å²) in [5.41, 5.74) is 1.98. The summed E-state index contributed by atoms with van der Waals surface area (Å²) >= 11 is 0. The first kappa shape index (κ1) is 26.6. The van der Waals surface area contributed by atoms with Crippen LogP contribution in [0.3, 0.4) is 0 Å². The summed E-state index contributed by atoms with van der Waals surface area (Å²) in [5, 5.41) is 4.40. The number of nitrogens with one attached hydrogen (secondary N) is 1. The Morgan fingerprint density at radius 3 is 2.54 bits per heavy atom. The number of carbonyl (C=O) groups excluding carboxylic acids is 1. The molecule has 1 aromatic heterocycles. The Morgan fingerprint density at radius 1 is 1.05 bits per heavy atom. The second-order valence-corrected chi connectivity index (χ2v) is 9.14.